The van der Waals surface area contributed by atoms with Gasteiger partial charge in [-0.2, -0.15) is 8.42 Å². The molecule has 1 aromatic rings. The van der Waals surface area contributed by atoms with E-state index in [9.17, 15) is 8.42 Å². The van der Waals surface area contributed by atoms with Crippen molar-refractivity contribution < 1.29 is 64.7 Å². The molecule has 0 saturated carbocycles. The molecule has 0 N–H and O–H groups in total. The Hall–Kier alpha value is -1.02. The molecule has 0 aliphatic heterocycles. The molecule has 0 fully saturated rings. The molecule has 0 amide bonds. The van der Waals surface area contributed by atoms with E-state index < -0.39 is 10.1 Å². The topological polar surface area (TPSA) is 145 Å². The van der Waals surface area contributed by atoms with E-state index in [2.05, 4.69) is 0 Å². The van der Waals surface area contributed by atoms with Gasteiger partial charge in [0.15, 0.2) is 0 Å². The molecule has 0 bridgehead atoms. The summed E-state index contributed by atoms with van der Waals surface area (Å²) in [5.74, 6) is 0.491. The minimum Gasteiger partial charge on any atom is -0.378 e. The quantitative estimate of drug-likeness (QED) is 0.0564. The van der Waals surface area contributed by atoms with Crippen LogP contribution in [0, 0.1) is 0 Å². The second kappa shape index (κ2) is 33.9. The number of halogens is 1. The van der Waals surface area contributed by atoms with Crippen LogP contribution >= 0.6 is 11.6 Å². The highest BCUT2D eigenvalue weighted by Gasteiger charge is 2.13. The fourth-order valence-electron chi connectivity index (χ4n) is 3.21. The van der Waals surface area contributed by atoms with Gasteiger partial charge in [-0.1, -0.05) is 18.2 Å². The fourth-order valence-corrected chi connectivity index (χ4v) is 4.24. The third-order valence-electron chi connectivity index (χ3n) is 5.44. The summed E-state index contributed by atoms with van der Waals surface area (Å²) in [5, 5.41) is 0. The molecule has 0 aromatic heterocycles. The highest BCUT2D eigenvalue weighted by Crippen LogP contribution is 2.10. The largest absolute Gasteiger partial charge is 0.378 e. The Bertz CT molecular complexity index is 853. The zero-order chi connectivity index (χ0) is 33.1. The van der Waals surface area contributed by atoms with Gasteiger partial charge in [-0.15, -0.1) is 11.6 Å². The van der Waals surface area contributed by atoms with Crippen molar-refractivity contribution in [2.24, 2.45) is 0 Å². The van der Waals surface area contributed by atoms with Crippen LogP contribution in [0.4, 0.5) is 0 Å². The van der Waals surface area contributed by atoms with Crippen LogP contribution < -0.4 is 0 Å². The molecule has 14 nitrogen and oxygen atoms in total. The maximum absolute atomic E-state index is 12.0. The fraction of sp³-hybridized carbons (Fsp3) is 0.800. The van der Waals surface area contributed by atoms with Crippen LogP contribution in [-0.2, 0) is 66.4 Å². The standard InChI is InChI=1S/C30H53ClO14S/c31-6-7-34-8-9-35-10-11-36-12-13-37-14-15-38-16-17-39-18-19-40-20-21-41-22-23-42-24-25-43-26-27-44-28-29-45-46(32,33)30-4-2-1-3-5-30/h1-5H,6-29H2. The molecular weight excluding hydrogens is 652 g/mol. The maximum atomic E-state index is 12.0. The predicted octanol–water partition coefficient (Wildman–Crippen LogP) is 1.81. The van der Waals surface area contributed by atoms with E-state index in [1.54, 1.807) is 18.2 Å². The molecule has 0 saturated heterocycles. The molecule has 0 aliphatic rings. The first-order valence-corrected chi connectivity index (χ1v) is 17.5. The number of hydrogen-bond donors (Lipinski definition) is 0. The third kappa shape index (κ3) is 29.1. The van der Waals surface area contributed by atoms with Crippen LogP contribution in [0.15, 0.2) is 35.2 Å². The lowest BCUT2D eigenvalue weighted by Crippen LogP contribution is -2.16. The molecule has 1 rings (SSSR count). The number of rotatable bonds is 37. The lowest BCUT2D eigenvalue weighted by Gasteiger charge is -2.09. The first-order valence-electron chi connectivity index (χ1n) is 15.5. The van der Waals surface area contributed by atoms with Crippen LogP contribution in [0.5, 0.6) is 0 Å². The Morgan fingerprint density at radius 2 is 0.609 bits per heavy atom. The van der Waals surface area contributed by atoms with Crippen LogP contribution in [0.25, 0.3) is 0 Å². The van der Waals surface area contributed by atoms with Gasteiger partial charge in [-0.25, -0.2) is 0 Å². The van der Waals surface area contributed by atoms with Crippen molar-refractivity contribution in [2.75, 3.05) is 158 Å². The first kappa shape index (κ1) is 43.0. The monoisotopic (exact) mass is 704 g/mol. The maximum Gasteiger partial charge on any atom is 0.297 e. The number of hydrogen-bond acceptors (Lipinski definition) is 14. The van der Waals surface area contributed by atoms with Crippen molar-refractivity contribution in [2.45, 2.75) is 4.90 Å². The number of ether oxygens (including phenoxy) is 11. The van der Waals surface area contributed by atoms with Gasteiger partial charge < -0.3 is 52.1 Å². The minimum absolute atomic E-state index is 0.0593. The molecule has 46 heavy (non-hydrogen) atoms. The van der Waals surface area contributed by atoms with E-state index >= 15 is 0 Å². The van der Waals surface area contributed by atoms with Crippen molar-refractivity contribution in [1.82, 2.24) is 0 Å². The van der Waals surface area contributed by atoms with Crippen molar-refractivity contribution in [3.63, 3.8) is 0 Å². The van der Waals surface area contributed by atoms with E-state index in [1.165, 1.54) is 12.1 Å². The van der Waals surface area contributed by atoms with Crippen molar-refractivity contribution >= 4 is 21.7 Å². The van der Waals surface area contributed by atoms with E-state index in [1.807, 2.05) is 0 Å². The summed E-state index contributed by atoms with van der Waals surface area (Å²) in [6.45, 7) is 10.1. The molecule has 0 spiro atoms. The molecule has 0 aliphatic carbocycles. The van der Waals surface area contributed by atoms with Gasteiger partial charge in [0.2, 0.25) is 0 Å². The third-order valence-corrected chi connectivity index (χ3v) is 6.92. The zero-order valence-corrected chi connectivity index (χ0v) is 28.4. The Morgan fingerprint density at radius 1 is 0.370 bits per heavy atom. The lowest BCUT2D eigenvalue weighted by atomic mass is 10.4. The molecule has 0 atom stereocenters. The van der Waals surface area contributed by atoms with Gasteiger partial charge in [0, 0.05) is 5.88 Å². The van der Waals surface area contributed by atoms with Gasteiger partial charge in [-0.3, -0.25) is 4.18 Å². The highest BCUT2D eigenvalue weighted by molar-refractivity contribution is 7.86. The summed E-state index contributed by atoms with van der Waals surface area (Å²) < 4.78 is 88.2. The van der Waals surface area contributed by atoms with E-state index in [-0.39, 0.29) is 18.1 Å². The van der Waals surface area contributed by atoms with E-state index in [0.29, 0.717) is 145 Å². The second-order valence-electron chi connectivity index (χ2n) is 9.01. The van der Waals surface area contributed by atoms with Crippen molar-refractivity contribution in [3.05, 3.63) is 30.3 Å². The summed E-state index contributed by atoms with van der Waals surface area (Å²) in [6, 6.07) is 7.97. The Labute approximate surface area is 279 Å². The van der Waals surface area contributed by atoms with Gasteiger partial charge in [-0.05, 0) is 12.1 Å². The van der Waals surface area contributed by atoms with Gasteiger partial charge >= 0.3 is 0 Å². The average Bonchev–Trinajstić information content (AvgIpc) is 3.07. The molecule has 270 valence electrons. The van der Waals surface area contributed by atoms with Gasteiger partial charge in [0.1, 0.15) is 0 Å². The summed E-state index contributed by atoms with van der Waals surface area (Å²) in [5.41, 5.74) is 0. The van der Waals surface area contributed by atoms with Crippen molar-refractivity contribution in [3.8, 4) is 0 Å². The summed E-state index contributed by atoms with van der Waals surface area (Å²) in [6.07, 6.45) is 0. The van der Waals surface area contributed by atoms with Crippen LogP contribution in [0.2, 0.25) is 0 Å². The minimum atomic E-state index is -3.76. The summed E-state index contributed by atoms with van der Waals surface area (Å²) in [7, 11) is -3.76. The smallest absolute Gasteiger partial charge is 0.297 e. The molecule has 16 heteroatoms. The zero-order valence-electron chi connectivity index (χ0n) is 26.9. The van der Waals surface area contributed by atoms with Crippen LogP contribution in [0.1, 0.15) is 0 Å². The van der Waals surface area contributed by atoms with E-state index in [4.69, 9.17) is 67.9 Å². The molecular formula is C30H53ClO14S. The first-order chi connectivity index (χ1) is 22.7. The SMILES string of the molecule is O=S(=O)(OCCOCCOCCOCCOCCOCCOCCOCCOCCOCCOCCOCCCl)c1ccccc1. The van der Waals surface area contributed by atoms with Crippen molar-refractivity contribution in [1.29, 1.82) is 0 Å². The number of alkyl halides is 1. The Kier molecular flexibility index (Phi) is 31.7. The van der Waals surface area contributed by atoms with Crippen LogP contribution in [-0.4, -0.2) is 166 Å². The summed E-state index contributed by atoms with van der Waals surface area (Å²) >= 11 is 5.51. The molecule has 1 aromatic carbocycles. The highest BCUT2D eigenvalue weighted by atomic mass is 35.5. The van der Waals surface area contributed by atoms with E-state index in [0.717, 1.165) is 0 Å². The Morgan fingerprint density at radius 3 is 0.870 bits per heavy atom. The number of benzene rings is 1. The molecule has 0 unspecified atom stereocenters. The second-order valence-corrected chi connectivity index (χ2v) is 11.0. The van der Waals surface area contributed by atoms with Gasteiger partial charge in [0.25, 0.3) is 10.1 Å². The predicted molar refractivity (Wildman–Crippen MR) is 169 cm³/mol. The normalized spacial score (nSPS) is 11.8. The average molecular weight is 705 g/mol. The molecule has 0 radical (unpaired) electrons. The lowest BCUT2D eigenvalue weighted by molar-refractivity contribution is -0.0276. The Balaban J connectivity index is 1.66. The molecule has 0 heterocycles. The summed E-state index contributed by atoms with van der Waals surface area (Å²) in [4.78, 5) is 0.120. The van der Waals surface area contributed by atoms with Gasteiger partial charge in [0.05, 0.1) is 157 Å². The van der Waals surface area contributed by atoms with Crippen LogP contribution in [0.3, 0.4) is 0 Å².